The number of aromatic nitrogens is 1. The van der Waals surface area contributed by atoms with Crippen LogP contribution in [0.1, 0.15) is 21.6 Å². The second-order valence-electron chi connectivity index (χ2n) is 8.52. The van der Waals surface area contributed by atoms with E-state index < -0.39 is 37.0 Å². The molecule has 1 heterocycles. The number of aliphatic hydroxyl groups excluding tert-OH is 5. The molecule has 3 aromatic rings. The van der Waals surface area contributed by atoms with Crippen LogP contribution in [0.2, 0.25) is 5.02 Å². The molecule has 12 heteroatoms. The van der Waals surface area contributed by atoms with Crippen LogP contribution in [-0.2, 0) is 11.2 Å². The maximum atomic E-state index is 13.0. The number of fused-ring (bicyclic) bond motifs is 1. The van der Waals surface area contributed by atoms with Crippen LogP contribution in [0.5, 0.6) is 5.75 Å². The van der Waals surface area contributed by atoms with Gasteiger partial charge < -0.3 is 40.7 Å². The molecule has 0 fully saturated rings. The SMILES string of the molecule is CNC[C@H](O)[C@@H](O)[C@H](O)[C@H](O)CO.COc1ccc2c(c1)c(CC(=O)O)c(C)n2C(=O)c1ccc(Cl)cc1. The molecular formula is C26H33ClN2O9. The van der Waals surface area contributed by atoms with E-state index in [1.807, 2.05) is 0 Å². The van der Waals surface area contributed by atoms with Crippen LogP contribution in [0, 0.1) is 6.92 Å². The number of carbonyl (C=O) groups is 2. The first-order chi connectivity index (χ1) is 18.0. The Morgan fingerprint density at radius 1 is 1.03 bits per heavy atom. The fourth-order valence-electron chi connectivity index (χ4n) is 3.84. The quantitative estimate of drug-likeness (QED) is 0.188. The molecule has 0 saturated heterocycles. The minimum absolute atomic E-state index is 0.0936. The molecule has 0 amide bonds. The number of methoxy groups -OCH3 is 1. The van der Waals surface area contributed by atoms with E-state index in [1.165, 1.54) is 4.57 Å². The summed E-state index contributed by atoms with van der Waals surface area (Å²) >= 11 is 5.89. The summed E-state index contributed by atoms with van der Waals surface area (Å²) in [5.74, 6) is -0.583. The maximum absolute atomic E-state index is 13.0. The molecular weight excluding hydrogens is 520 g/mol. The first-order valence-corrected chi connectivity index (χ1v) is 12.0. The van der Waals surface area contributed by atoms with Crippen molar-refractivity contribution in [1.29, 1.82) is 0 Å². The topological polar surface area (TPSA) is 182 Å². The standard InChI is InChI=1S/C19H16ClNO4.C7H17NO5/c1-11-15(10-18(22)23)16-9-14(25-2)7-8-17(16)21(11)19(24)12-3-5-13(20)6-4-12;1-8-2-4(10)6(12)7(13)5(11)3-9/h3-9H,10H2,1-2H3,(H,22,23);4-13H,2-3H2,1H3/t;4-,5+,6+,7+/m.0/s1. The largest absolute Gasteiger partial charge is 0.497 e. The Morgan fingerprint density at radius 2 is 1.63 bits per heavy atom. The van der Waals surface area contributed by atoms with Crippen molar-refractivity contribution < 1.29 is 45.0 Å². The zero-order valence-electron chi connectivity index (χ0n) is 21.2. The summed E-state index contributed by atoms with van der Waals surface area (Å²) in [5.41, 5.74) is 2.32. The summed E-state index contributed by atoms with van der Waals surface area (Å²) in [4.78, 5) is 24.3. The molecule has 0 aliphatic carbocycles. The Morgan fingerprint density at radius 3 is 2.16 bits per heavy atom. The van der Waals surface area contributed by atoms with Crippen LogP contribution >= 0.6 is 11.6 Å². The summed E-state index contributed by atoms with van der Waals surface area (Å²) in [6, 6.07) is 11.9. The van der Waals surface area contributed by atoms with Gasteiger partial charge in [0.1, 0.15) is 24.1 Å². The van der Waals surface area contributed by atoms with E-state index in [4.69, 9.17) is 36.8 Å². The number of aliphatic hydroxyl groups is 5. The van der Waals surface area contributed by atoms with Crippen molar-refractivity contribution in [2.24, 2.45) is 0 Å². The number of benzene rings is 2. The Kier molecular flexibility index (Phi) is 11.7. The average molecular weight is 553 g/mol. The third-order valence-corrected chi connectivity index (χ3v) is 6.15. The highest BCUT2D eigenvalue weighted by Gasteiger charge is 2.29. The molecule has 38 heavy (non-hydrogen) atoms. The normalized spacial score (nSPS) is 14.2. The summed E-state index contributed by atoms with van der Waals surface area (Å²) in [5, 5.41) is 57.9. The van der Waals surface area contributed by atoms with Gasteiger partial charge in [0.2, 0.25) is 0 Å². The lowest BCUT2D eigenvalue weighted by atomic mass is 10.0. The molecule has 1 aromatic heterocycles. The molecule has 11 nitrogen and oxygen atoms in total. The van der Waals surface area contributed by atoms with Crippen LogP contribution in [0.3, 0.4) is 0 Å². The van der Waals surface area contributed by atoms with Crippen molar-refractivity contribution in [3.05, 3.63) is 64.3 Å². The molecule has 4 atom stereocenters. The lowest BCUT2D eigenvalue weighted by Gasteiger charge is -2.25. The number of hydrogen-bond acceptors (Lipinski definition) is 9. The van der Waals surface area contributed by atoms with Crippen LogP contribution < -0.4 is 10.1 Å². The summed E-state index contributed by atoms with van der Waals surface area (Å²) in [6.07, 6.45) is -5.82. The average Bonchev–Trinajstić information content (AvgIpc) is 3.17. The predicted octanol–water partition coefficient (Wildman–Crippen LogP) is 0.569. The summed E-state index contributed by atoms with van der Waals surface area (Å²) in [7, 11) is 3.12. The van der Waals surface area contributed by atoms with E-state index in [-0.39, 0.29) is 18.9 Å². The van der Waals surface area contributed by atoms with Crippen molar-refractivity contribution in [2.75, 3.05) is 27.3 Å². The molecule has 0 radical (unpaired) electrons. The monoisotopic (exact) mass is 552 g/mol. The van der Waals surface area contributed by atoms with E-state index in [0.717, 1.165) is 0 Å². The lowest BCUT2D eigenvalue weighted by molar-refractivity contribution is -0.136. The molecule has 2 aromatic carbocycles. The number of nitrogens with one attached hydrogen (secondary N) is 1. The van der Waals surface area contributed by atoms with Crippen LogP contribution in [0.15, 0.2) is 42.5 Å². The van der Waals surface area contributed by atoms with Crippen molar-refractivity contribution in [3.63, 3.8) is 0 Å². The van der Waals surface area contributed by atoms with Gasteiger partial charge in [0, 0.05) is 28.2 Å². The Balaban J connectivity index is 0.000000332. The Hall–Kier alpha value is -3.03. The van der Waals surface area contributed by atoms with Gasteiger partial charge in [-0.25, -0.2) is 0 Å². The number of carboxylic acids is 1. The van der Waals surface area contributed by atoms with Crippen molar-refractivity contribution in [3.8, 4) is 5.75 Å². The van der Waals surface area contributed by atoms with Crippen molar-refractivity contribution in [2.45, 2.75) is 37.8 Å². The zero-order valence-corrected chi connectivity index (χ0v) is 22.0. The lowest BCUT2D eigenvalue weighted by Crippen LogP contribution is -2.48. The summed E-state index contributed by atoms with van der Waals surface area (Å²) < 4.78 is 6.77. The number of hydrogen-bond donors (Lipinski definition) is 7. The molecule has 3 rings (SSSR count). The van der Waals surface area contributed by atoms with Gasteiger partial charge in [-0.05, 0) is 62.0 Å². The van der Waals surface area contributed by atoms with Gasteiger partial charge in [-0.1, -0.05) is 11.6 Å². The van der Waals surface area contributed by atoms with E-state index >= 15 is 0 Å². The fraction of sp³-hybridized carbons (Fsp3) is 0.385. The van der Waals surface area contributed by atoms with E-state index in [1.54, 1.807) is 63.5 Å². The maximum Gasteiger partial charge on any atom is 0.307 e. The van der Waals surface area contributed by atoms with Crippen molar-refractivity contribution in [1.82, 2.24) is 9.88 Å². The highest BCUT2D eigenvalue weighted by molar-refractivity contribution is 6.30. The molecule has 0 saturated carbocycles. The minimum atomic E-state index is -1.55. The molecule has 0 bridgehead atoms. The summed E-state index contributed by atoms with van der Waals surface area (Å²) in [6.45, 7) is 1.18. The molecule has 0 spiro atoms. The van der Waals surface area contributed by atoms with E-state index in [2.05, 4.69) is 5.32 Å². The number of likely N-dealkylation sites (N-methyl/N-ethyl adjacent to an activating group) is 1. The second kappa shape index (κ2) is 14.2. The van der Waals surface area contributed by atoms with Gasteiger partial charge in [0.15, 0.2) is 0 Å². The predicted molar refractivity (Wildman–Crippen MR) is 141 cm³/mol. The highest BCUT2D eigenvalue weighted by atomic mass is 35.5. The van der Waals surface area contributed by atoms with Crippen molar-refractivity contribution >= 4 is 34.4 Å². The first-order valence-electron chi connectivity index (χ1n) is 11.6. The molecule has 0 aliphatic heterocycles. The zero-order chi connectivity index (χ0) is 28.6. The third kappa shape index (κ3) is 7.51. The number of carboxylic acid groups (broad SMARTS) is 1. The minimum Gasteiger partial charge on any atom is -0.497 e. The first kappa shape index (κ1) is 31.2. The van der Waals surface area contributed by atoms with Gasteiger partial charge in [-0.15, -0.1) is 0 Å². The Bertz CT molecular complexity index is 1230. The van der Waals surface area contributed by atoms with Gasteiger partial charge in [0.05, 0.1) is 31.8 Å². The number of halogens is 1. The fourth-order valence-corrected chi connectivity index (χ4v) is 3.97. The van der Waals surface area contributed by atoms with Gasteiger partial charge in [0.25, 0.3) is 5.91 Å². The third-order valence-electron chi connectivity index (χ3n) is 5.90. The van der Waals surface area contributed by atoms with Gasteiger partial charge in [-0.2, -0.15) is 0 Å². The highest BCUT2D eigenvalue weighted by Crippen LogP contribution is 2.30. The smallest absolute Gasteiger partial charge is 0.307 e. The number of rotatable bonds is 10. The van der Waals surface area contributed by atoms with E-state index in [9.17, 15) is 19.8 Å². The van der Waals surface area contributed by atoms with Crippen LogP contribution in [-0.4, -0.2) is 98.8 Å². The molecule has 208 valence electrons. The van der Waals surface area contributed by atoms with Crippen LogP contribution in [0.25, 0.3) is 10.9 Å². The van der Waals surface area contributed by atoms with Crippen LogP contribution in [0.4, 0.5) is 0 Å². The van der Waals surface area contributed by atoms with Gasteiger partial charge >= 0.3 is 5.97 Å². The molecule has 0 unspecified atom stereocenters. The Labute approximate surface area is 224 Å². The number of carbonyl (C=O) groups excluding carboxylic acids is 1. The number of nitrogens with zero attached hydrogens (tertiary/aromatic N) is 1. The van der Waals surface area contributed by atoms with E-state index in [0.29, 0.717) is 38.5 Å². The van der Waals surface area contributed by atoms with Gasteiger partial charge in [-0.3, -0.25) is 14.2 Å². The molecule has 7 N–H and O–H groups in total. The molecule has 0 aliphatic rings. The number of ether oxygens (including phenoxy) is 1. The second-order valence-corrected chi connectivity index (χ2v) is 8.96. The number of aliphatic carboxylic acids is 1.